The topological polar surface area (TPSA) is 84.2 Å². The number of fused-ring (bicyclic) bond motifs is 1. The maximum atomic E-state index is 13.1. The van der Waals surface area contributed by atoms with Gasteiger partial charge >= 0.3 is 0 Å². The van der Waals surface area contributed by atoms with E-state index < -0.39 is 10.0 Å². The summed E-state index contributed by atoms with van der Waals surface area (Å²) in [5, 5.41) is 14.0. The Bertz CT molecular complexity index is 1080. The number of rotatable bonds is 5. The van der Waals surface area contributed by atoms with Gasteiger partial charge in [0.05, 0.1) is 17.2 Å². The average Bonchev–Trinajstić information content (AvgIpc) is 3.15. The number of aryl methyl sites for hydroxylation is 1. The highest BCUT2D eigenvalue weighted by Gasteiger charge is 2.23. The first kappa shape index (κ1) is 19.0. The van der Waals surface area contributed by atoms with Gasteiger partial charge in [-0.2, -0.15) is 0 Å². The Kier molecular flexibility index (Phi) is 5.12. The van der Waals surface area contributed by atoms with Gasteiger partial charge in [0.25, 0.3) is 10.0 Å². The van der Waals surface area contributed by atoms with Crippen LogP contribution in [0.15, 0.2) is 47.6 Å². The van der Waals surface area contributed by atoms with Gasteiger partial charge in [-0.1, -0.05) is 37.0 Å². The quantitative estimate of drug-likeness (QED) is 0.681. The Hall–Kier alpha value is -2.38. The fourth-order valence-corrected chi connectivity index (χ4v) is 5.16. The van der Waals surface area contributed by atoms with Crippen LogP contribution in [0, 0.1) is 6.92 Å². The zero-order valence-corrected chi connectivity index (χ0v) is 16.7. The van der Waals surface area contributed by atoms with Gasteiger partial charge in [-0.15, -0.1) is 0 Å². The Morgan fingerprint density at radius 2 is 1.86 bits per heavy atom. The van der Waals surface area contributed by atoms with Gasteiger partial charge in [0.2, 0.25) is 0 Å². The van der Waals surface area contributed by atoms with Crippen molar-refractivity contribution < 1.29 is 13.5 Å². The zero-order valence-electron chi connectivity index (χ0n) is 15.9. The molecule has 0 saturated heterocycles. The SMILES string of the molecule is Cc1ccc(S(=O)(=O)n2ccc3c(NC4CCCCC4)c(CO)cnc32)cc1. The summed E-state index contributed by atoms with van der Waals surface area (Å²) in [6.45, 7) is 1.77. The van der Waals surface area contributed by atoms with E-state index in [9.17, 15) is 13.5 Å². The first-order valence-electron chi connectivity index (χ1n) is 9.69. The molecule has 0 aliphatic heterocycles. The van der Waals surface area contributed by atoms with Crippen LogP contribution in [-0.4, -0.2) is 28.5 Å². The summed E-state index contributed by atoms with van der Waals surface area (Å²) >= 11 is 0. The summed E-state index contributed by atoms with van der Waals surface area (Å²) in [4.78, 5) is 4.59. The minimum absolute atomic E-state index is 0.145. The average molecular weight is 400 g/mol. The van der Waals surface area contributed by atoms with Crippen molar-refractivity contribution in [3.8, 4) is 0 Å². The third-order valence-electron chi connectivity index (χ3n) is 5.46. The Labute approximate surface area is 165 Å². The first-order valence-corrected chi connectivity index (χ1v) is 11.1. The molecular formula is C21H25N3O3S. The maximum absolute atomic E-state index is 13.1. The second-order valence-corrected chi connectivity index (χ2v) is 9.28. The van der Waals surface area contributed by atoms with Crippen molar-refractivity contribution in [1.82, 2.24) is 8.96 Å². The van der Waals surface area contributed by atoms with E-state index in [0.717, 1.165) is 24.1 Å². The molecule has 2 N–H and O–H groups in total. The van der Waals surface area contributed by atoms with Crippen LogP contribution >= 0.6 is 0 Å². The minimum atomic E-state index is -3.74. The van der Waals surface area contributed by atoms with Gasteiger partial charge < -0.3 is 10.4 Å². The molecule has 4 rings (SSSR count). The van der Waals surface area contributed by atoms with Gasteiger partial charge in [-0.3, -0.25) is 0 Å². The minimum Gasteiger partial charge on any atom is -0.392 e. The lowest BCUT2D eigenvalue weighted by molar-refractivity contribution is 0.282. The largest absolute Gasteiger partial charge is 0.392 e. The van der Waals surface area contributed by atoms with Crippen LogP contribution in [0.25, 0.3) is 11.0 Å². The molecule has 0 amide bonds. The van der Waals surface area contributed by atoms with Crippen molar-refractivity contribution in [2.75, 3.05) is 5.32 Å². The number of aliphatic hydroxyl groups is 1. The van der Waals surface area contributed by atoms with Crippen LogP contribution < -0.4 is 5.32 Å². The van der Waals surface area contributed by atoms with Gasteiger partial charge in [-0.05, 0) is 38.0 Å². The van der Waals surface area contributed by atoms with E-state index in [-0.39, 0.29) is 11.5 Å². The smallest absolute Gasteiger partial charge is 0.269 e. The van der Waals surface area contributed by atoms with Gasteiger partial charge in [0.15, 0.2) is 5.65 Å². The summed E-state index contributed by atoms with van der Waals surface area (Å²) in [6.07, 6.45) is 8.89. The van der Waals surface area contributed by atoms with Gasteiger partial charge in [0, 0.05) is 29.4 Å². The molecule has 1 fully saturated rings. The molecule has 1 aliphatic carbocycles. The lowest BCUT2D eigenvalue weighted by atomic mass is 9.95. The van der Waals surface area contributed by atoms with Crippen LogP contribution in [0.5, 0.6) is 0 Å². The number of nitrogens with zero attached hydrogens (tertiary/aromatic N) is 2. The number of hydrogen-bond acceptors (Lipinski definition) is 5. The van der Waals surface area contributed by atoms with Gasteiger partial charge in [0.1, 0.15) is 0 Å². The van der Waals surface area contributed by atoms with Crippen LogP contribution in [0.4, 0.5) is 5.69 Å². The molecule has 6 nitrogen and oxygen atoms in total. The number of hydrogen-bond donors (Lipinski definition) is 2. The fourth-order valence-electron chi connectivity index (χ4n) is 3.86. The summed E-state index contributed by atoms with van der Waals surface area (Å²) in [5.74, 6) is 0. The highest BCUT2D eigenvalue weighted by Crippen LogP contribution is 2.32. The van der Waals surface area contributed by atoms with Crippen LogP contribution in [0.3, 0.4) is 0 Å². The molecule has 28 heavy (non-hydrogen) atoms. The van der Waals surface area contributed by atoms with Crippen molar-refractivity contribution in [2.24, 2.45) is 0 Å². The van der Waals surface area contributed by atoms with Crippen molar-refractivity contribution in [1.29, 1.82) is 0 Å². The summed E-state index contributed by atoms with van der Waals surface area (Å²) in [5.41, 5.74) is 2.85. The van der Waals surface area contributed by atoms with E-state index >= 15 is 0 Å². The molecule has 3 aromatic rings. The lowest BCUT2D eigenvalue weighted by Gasteiger charge is -2.25. The van der Waals surface area contributed by atoms with Crippen LogP contribution in [-0.2, 0) is 16.6 Å². The zero-order chi connectivity index (χ0) is 19.7. The monoisotopic (exact) mass is 399 g/mol. The summed E-state index contributed by atoms with van der Waals surface area (Å²) < 4.78 is 27.5. The molecule has 1 saturated carbocycles. The van der Waals surface area contributed by atoms with E-state index in [0.29, 0.717) is 22.6 Å². The number of benzene rings is 1. The molecule has 0 atom stereocenters. The van der Waals surface area contributed by atoms with Crippen molar-refractivity contribution in [3.63, 3.8) is 0 Å². The molecule has 0 radical (unpaired) electrons. The van der Waals surface area contributed by atoms with E-state index in [4.69, 9.17) is 0 Å². The molecule has 0 unspecified atom stereocenters. The van der Waals surface area contributed by atoms with E-state index in [2.05, 4.69) is 10.3 Å². The maximum Gasteiger partial charge on any atom is 0.269 e. The van der Waals surface area contributed by atoms with Crippen LogP contribution in [0.2, 0.25) is 0 Å². The second kappa shape index (κ2) is 7.56. The summed E-state index contributed by atoms with van der Waals surface area (Å²) in [7, 11) is -3.74. The highest BCUT2D eigenvalue weighted by atomic mass is 32.2. The molecule has 1 aliphatic rings. The predicted octanol–water partition coefficient (Wildman–Crippen LogP) is 3.82. The Morgan fingerprint density at radius 1 is 1.14 bits per heavy atom. The normalized spacial score (nSPS) is 15.8. The third kappa shape index (κ3) is 3.40. The first-order chi connectivity index (χ1) is 13.5. The van der Waals surface area contributed by atoms with E-state index in [1.54, 1.807) is 42.7 Å². The van der Waals surface area contributed by atoms with E-state index in [1.807, 2.05) is 6.92 Å². The van der Waals surface area contributed by atoms with Crippen molar-refractivity contribution >= 4 is 26.7 Å². The number of aromatic nitrogens is 2. The number of nitrogens with one attached hydrogen (secondary N) is 1. The second-order valence-electron chi connectivity index (χ2n) is 7.46. The standard InChI is InChI=1S/C21H25N3O3S/c1-15-7-9-18(10-8-15)28(26,27)24-12-11-19-20(16(14-25)13-22-21(19)24)23-17-5-3-2-4-6-17/h7-13,17,25H,2-6,14H2,1H3,(H,22,23). The molecule has 0 spiro atoms. The van der Waals surface area contributed by atoms with Crippen molar-refractivity contribution in [3.05, 3.63) is 53.9 Å². The van der Waals surface area contributed by atoms with Gasteiger partial charge in [-0.25, -0.2) is 17.4 Å². The van der Waals surface area contributed by atoms with Crippen LogP contribution in [0.1, 0.15) is 43.2 Å². The van der Waals surface area contributed by atoms with Crippen molar-refractivity contribution in [2.45, 2.75) is 56.6 Å². The molecule has 7 heteroatoms. The number of aliphatic hydroxyl groups excluding tert-OH is 1. The summed E-state index contributed by atoms with van der Waals surface area (Å²) in [6, 6.07) is 8.89. The number of pyridine rings is 1. The fraction of sp³-hybridized carbons (Fsp3) is 0.381. The molecule has 148 valence electrons. The predicted molar refractivity (Wildman–Crippen MR) is 110 cm³/mol. The Balaban J connectivity index is 1.79. The molecule has 0 bridgehead atoms. The Morgan fingerprint density at radius 3 is 2.54 bits per heavy atom. The lowest BCUT2D eigenvalue weighted by Crippen LogP contribution is -2.23. The van der Waals surface area contributed by atoms with E-state index in [1.165, 1.54) is 23.2 Å². The molecular weight excluding hydrogens is 374 g/mol. The molecule has 2 aromatic heterocycles. The number of anilines is 1. The third-order valence-corrected chi connectivity index (χ3v) is 7.14. The highest BCUT2D eigenvalue weighted by molar-refractivity contribution is 7.90. The molecule has 1 aromatic carbocycles. The molecule has 2 heterocycles.